The Labute approximate surface area is 133 Å². The third-order valence-corrected chi connectivity index (χ3v) is 4.45. The average molecular weight is 326 g/mol. The molecule has 1 aromatic heterocycles. The molecule has 0 radical (unpaired) electrons. The maximum atomic E-state index is 11.3. The molecular formula is C15H22N2O2S2. The molecule has 0 fully saturated rings. The molecule has 1 N–H and O–H groups in total. The number of nitrogens with zero attached hydrogens (tertiary/aromatic N) is 1. The van der Waals surface area contributed by atoms with Gasteiger partial charge in [-0.05, 0) is 51.5 Å². The number of imidazole rings is 1. The van der Waals surface area contributed by atoms with E-state index in [1.807, 2.05) is 32.0 Å². The summed E-state index contributed by atoms with van der Waals surface area (Å²) in [6.07, 6.45) is 2.68. The maximum Gasteiger partial charge on any atom is 0.178 e. The number of hydrogen-bond acceptors (Lipinski definition) is 3. The van der Waals surface area contributed by atoms with Crippen LogP contribution in [0.2, 0.25) is 0 Å². The van der Waals surface area contributed by atoms with Crippen molar-refractivity contribution < 1.29 is 8.95 Å². The van der Waals surface area contributed by atoms with E-state index in [9.17, 15) is 4.21 Å². The first-order chi connectivity index (χ1) is 9.90. The largest absolute Gasteiger partial charge is 0.489 e. The van der Waals surface area contributed by atoms with Crippen molar-refractivity contribution in [3.63, 3.8) is 0 Å². The lowest BCUT2D eigenvalue weighted by atomic mass is 10.2. The zero-order valence-corrected chi connectivity index (χ0v) is 14.5. The van der Waals surface area contributed by atoms with E-state index < -0.39 is 10.8 Å². The van der Waals surface area contributed by atoms with Gasteiger partial charge in [0.25, 0.3) is 0 Å². The molecule has 4 nitrogen and oxygen atoms in total. The number of H-pyrrole nitrogens is 1. The Hall–Kier alpha value is -1.14. The molecule has 0 saturated carbocycles. The summed E-state index contributed by atoms with van der Waals surface area (Å²) in [5.74, 6) is 1.50. The molecule has 1 aromatic carbocycles. The van der Waals surface area contributed by atoms with E-state index in [1.165, 1.54) is 0 Å². The minimum absolute atomic E-state index is 0.112. The van der Waals surface area contributed by atoms with E-state index in [0.29, 0.717) is 10.5 Å². The SMILES string of the molecule is CC(C)Oc1cccc2c1[nH]c(=S)n2C(C)CCS(C)=O. The summed E-state index contributed by atoms with van der Waals surface area (Å²) in [7, 11) is -0.783. The monoisotopic (exact) mass is 326 g/mol. The van der Waals surface area contributed by atoms with Gasteiger partial charge in [-0.1, -0.05) is 6.07 Å². The van der Waals surface area contributed by atoms with Crippen LogP contribution in [0.15, 0.2) is 18.2 Å². The lowest BCUT2D eigenvalue weighted by Gasteiger charge is -2.15. The van der Waals surface area contributed by atoms with E-state index in [4.69, 9.17) is 17.0 Å². The Bertz CT molecular complexity index is 703. The maximum absolute atomic E-state index is 11.3. The van der Waals surface area contributed by atoms with Crippen molar-refractivity contribution in [3.8, 4) is 5.75 Å². The first-order valence-corrected chi connectivity index (χ1v) is 9.23. The van der Waals surface area contributed by atoms with Gasteiger partial charge in [0.05, 0.1) is 11.6 Å². The number of aromatic nitrogens is 2. The van der Waals surface area contributed by atoms with Crippen LogP contribution < -0.4 is 4.74 Å². The van der Waals surface area contributed by atoms with Crippen molar-refractivity contribution in [2.24, 2.45) is 0 Å². The van der Waals surface area contributed by atoms with E-state index in [2.05, 4.69) is 16.5 Å². The molecular weight excluding hydrogens is 304 g/mol. The van der Waals surface area contributed by atoms with Crippen LogP contribution in [-0.2, 0) is 10.8 Å². The summed E-state index contributed by atoms with van der Waals surface area (Å²) in [4.78, 5) is 3.25. The van der Waals surface area contributed by atoms with Crippen molar-refractivity contribution in [3.05, 3.63) is 23.0 Å². The van der Waals surface area contributed by atoms with Gasteiger partial charge in [-0.3, -0.25) is 4.21 Å². The summed E-state index contributed by atoms with van der Waals surface area (Å²) in [5, 5.41) is 0. The third kappa shape index (κ3) is 3.74. The second kappa shape index (κ2) is 6.75. The highest BCUT2D eigenvalue weighted by atomic mass is 32.2. The predicted molar refractivity (Wildman–Crippen MR) is 91.1 cm³/mol. The minimum atomic E-state index is -0.783. The molecule has 6 heteroatoms. The molecule has 2 atom stereocenters. The van der Waals surface area contributed by atoms with Crippen molar-refractivity contribution in [2.45, 2.75) is 39.3 Å². The highest BCUT2D eigenvalue weighted by Crippen LogP contribution is 2.28. The molecule has 2 rings (SSSR count). The van der Waals surface area contributed by atoms with Crippen LogP contribution in [0.1, 0.15) is 33.2 Å². The van der Waals surface area contributed by atoms with Crippen LogP contribution in [0.5, 0.6) is 5.75 Å². The Kier molecular flexibility index (Phi) is 5.22. The lowest BCUT2D eigenvalue weighted by Crippen LogP contribution is -2.09. The molecule has 0 spiro atoms. The number of fused-ring (bicyclic) bond motifs is 1. The summed E-state index contributed by atoms with van der Waals surface area (Å²) >= 11 is 5.46. The molecule has 2 aromatic rings. The molecule has 2 unspecified atom stereocenters. The van der Waals surface area contributed by atoms with Gasteiger partial charge in [0.1, 0.15) is 11.3 Å². The van der Waals surface area contributed by atoms with Gasteiger partial charge in [-0.25, -0.2) is 0 Å². The minimum Gasteiger partial charge on any atom is -0.489 e. The smallest absolute Gasteiger partial charge is 0.178 e. The molecule has 0 aliphatic heterocycles. The van der Waals surface area contributed by atoms with Gasteiger partial charge in [0, 0.05) is 28.9 Å². The van der Waals surface area contributed by atoms with Crippen molar-refractivity contribution in [1.29, 1.82) is 0 Å². The lowest BCUT2D eigenvalue weighted by molar-refractivity contribution is 0.245. The quantitative estimate of drug-likeness (QED) is 0.821. The van der Waals surface area contributed by atoms with Gasteiger partial charge < -0.3 is 14.3 Å². The van der Waals surface area contributed by atoms with Crippen LogP contribution >= 0.6 is 12.2 Å². The normalized spacial score (nSPS) is 14.5. The molecule has 0 amide bonds. The highest BCUT2D eigenvalue weighted by molar-refractivity contribution is 7.84. The molecule has 21 heavy (non-hydrogen) atoms. The number of rotatable bonds is 6. The van der Waals surface area contributed by atoms with Gasteiger partial charge in [-0.2, -0.15) is 0 Å². The van der Waals surface area contributed by atoms with Crippen LogP contribution in [0.3, 0.4) is 0 Å². The van der Waals surface area contributed by atoms with Gasteiger partial charge in [-0.15, -0.1) is 0 Å². The standard InChI is InChI=1S/C15H22N2O2S2/c1-10(2)19-13-7-5-6-12-14(13)16-15(20)17(12)11(3)8-9-21(4)18/h5-7,10-11H,8-9H2,1-4H3,(H,16,20). The summed E-state index contributed by atoms with van der Waals surface area (Å²) < 4.78 is 19.9. The number of aromatic amines is 1. The number of ether oxygens (including phenoxy) is 1. The molecule has 0 aliphatic rings. The Morgan fingerprint density at radius 1 is 1.38 bits per heavy atom. The number of benzene rings is 1. The second-order valence-corrected chi connectivity index (χ2v) is 7.47. The topological polar surface area (TPSA) is 47.0 Å². The Balaban J connectivity index is 2.43. The Morgan fingerprint density at radius 2 is 2.10 bits per heavy atom. The van der Waals surface area contributed by atoms with Crippen LogP contribution in [0.4, 0.5) is 0 Å². The van der Waals surface area contributed by atoms with E-state index >= 15 is 0 Å². The van der Waals surface area contributed by atoms with Crippen molar-refractivity contribution in [2.75, 3.05) is 12.0 Å². The first kappa shape index (κ1) is 16.2. The van der Waals surface area contributed by atoms with Crippen molar-refractivity contribution in [1.82, 2.24) is 9.55 Å². The average Bonchev–Trinajstić information content (AvgIpc) is 2.73. The first-order valence-electron chi connectivity index (χ1n) is 7.10. The summed E-state index contributed by atoms with van der Waals surface area (Å²) in [6.45, 7) is 6.11. The van der Waals surface area contributed by atoms with Gasteiger partial charge in [0.15, 0.2) is 4.77 Å². The fourth-order valence-electron chi connectivity index (χ4n) is 2.38. The fourth-order valence-corrected chi connectivity index (χ4v) is 3.43. The number of hydrogen-bond donors (Lipinski definition) is 1. The summed E-state index contributed by atoms with van der Waals surface area (Å²) in [5.41, 5.74) is 1.97. The van der Waals surface area contributed by atoms with Crippen molar-refractivity contribution >= 4 is 34.1 Å². The highest BCUT2D eigenvalue weighted by Gasteiger charge is 2.14. The van der Waals surface area contributed by atoms with Gasteiger partial charge >= 0.3 is 0 Å². The van der Waals surface area contributed by atoms with Crippen LogP contribution in [0, 0.1) is 4.77 Å². The van der Waals surface area contributed by atoms with Crippen LogP contribution in [0.25, 0.3) is 11.0 Å². The van der Waals surface area contributed by atoms with Crippen LogP contribution in [-0.4, -0.2) is 31.9 Å². The molecule has 0 aliphatic carbocycles. The molecule has 0 bridgehead atoms. The number of para-hydroxylation sites is 1. The fraction of sp³-hybridized carbons (Fsp3) is 0.533. The van der Waals surface area contributed by atoms with Gasteiger partial charge in [0.2, 0.25) is 0 Å². The predicted octanol–water partition coefficient (Wildman–Crippen LogP) is 3.82. The Morgan fingerprint density at radius 3 is 2.71 bits per heavy atom. The third-order valence-electron chi connectivity index (χ3n) is 3.34. The molecule has 0 saturated heterocycles. The summed E-state index contributed by atoms with van der Waals surface area (Å²) in [6, 6.07) is 6.16. The zero-order valence-electron chi connectivity index (χ0n) is 12.9. The molecule has 1 heterocycles. The van der Waals surface area contributed by atoms with E-state index in [0.717, 1.165) is 23.2 Å². The zero-order chi connectivity index (χ0) is 15.6. The molecule has 116 valence electrons. The van der Waals surface area contributed by atoms with E-state index in [-0.39, 0.29) is 12.1 Å². The number of nitrogens with one attached hydrogen (secondary N) is 1. The van der Waals surface area contributed by atoms with E-state index in [1.54, 1.807) is 6.26 Å². The second-order valence-electron chi connectivity index (χ2n) is 5.53.